The van der Waals surface area contributed by atoms with E-state index in [1.165, 1.54) is 28.6 Å². The number of hydrogen-bond acceptors (Lipinski definition) is 4. The SMILES string of the molecule is CCCNC(=O)CN(C)C(=O)N1C(CC)SCC1C(=O)O. The zero-order valence-corrected chi connectivity index (χ0v) is 13.5. The predicted octanol–water partition coefficient (Wildman–Crippen LogP) is 0.803. The average Bonchev–Trinajstić information content (AvgIpc) is 2.88. The number of aliphatic carboxylic acids is 1. The van der Waals surface area contributed by atoms with E-state index in [0.717, 1.165) is 6.42 Å². The first-order valence-corrected chi connectivity index (χ1v) is 8.11. The van der Waals surface area contributed by atoms with E-state index in [-0.39, 0.29) is 17.8 Å². The Bertz CT molecular complexity index is 405. The number of urea groups is 1. The van der Waals surface area contributed by atoms with Crippen LogP contribution in [-0.4, -0.2) is 70.1 Å². The highest BCUT2D eigenvalue weighted by molar-refractivity contribution is 8.00. The molecule has 1 heterocycles. The van der Waals surface area contributed by atoms with Crippen molar-refractivity contribution in [1.29, 1.82) is 0 Å². The number of carbonyl (C=O) groups is 3. The van der Waals surface area contributed by atoms with Crippen molar-refractivity contribution in [2.75, 3.05) is 25.9 Å². The number of carboxylic acids is 1. The lowest BCUT2D eigenvalue weighted by Crippen LogP contribution is -2.52. The van der Waals surface area contributed by atoms with Gasteiger partial charge in [-0.2, -0.15) is 0 Å². The Balaban J connectivity index is 2.69. The minimum atomic E-state index is -1.00. The molecule has 0 spiro atoms. The summed E-state index contributed by atoms with van der Waals surface area (Å²) in [7, 11) is 1.52. The molecule has 2 atom stereocenters. The van der Waals surface area contributed by atoms with E-state index < -0.39 is 18.0 Å². The van der Waals surface area contributed by atoms with E-state index in [1.54, 1.807) is 0 Å². The third-order valence-corrected chi connectivity index (χ3v) is 4.68. The van der Waals surface area contributed by atoms with Crippen LogP contribution >= 0.6 is 11.8 Å². The van der Waals surface area contributed by atoms with E-state index in [4.69, 9.17) is 0 Å². The third-order valence-electron chi connectivity index (χ3n) is 3.23. The monoisotopic (exact) mass is 317 g/mol. The first kappa shape index (κ1) is 17.6. The summed E-state index contributed by atoms with van der Waals surface area (Å²) in [5, 5.41) is 11.8. The summed E-state index contributed by atoms with van der Waals surface area (Å²) >= 11 is 1.46. The lowest BCUT2D eigenvalue weighted by Gasteiger charge is -2.30. The standard InChI is InChI=1S/C13H23N3O4S/c1-4-6-14-10(17)7-15(3)13(20)16-9(12(18)19)8-21-11(16)5-2/h9,11H,4-8H2,1-3H3,(H,14,17)(H,18,19). The highest BCUT2D eigenvalue weighted by atomic mass is 32.2. The summed E-state index contributed by atoms with van der Waals surface area (Å²) in [5.41, 5.74) is 0. The second-order valence-electron chi connectivity index (χ2n) is 4.95. The van der Waals surface area contributed by atoms with Crippen LogP contribution in [0.15, 0.2) is 0 Å². The summed E-state index contributed by atoms with van der Waals surface area (Å²) in [4.78, 5) is 38.0. The number of likely N-dealkylation sites (N-methyl/N-ethyl adjacent to an activating group) is 1. The summed E-state index contributed by atoms with van der Waals surface area (Å²) in [5.74, 6) is -0.856. The second kappa shape index (κ2) is 8.11. The molecule has 2 unspecified atom stereocenters. The molecule has 1 rings (SSSR count). The summed E-state index contributed by atoms with van der Waals surface area (Å²) in [6.07, 6.45) is 1.50. The smallest absolute Gasteiger partial charge is 0.327 e. The maximum atomic E-state index is 12.4. The van der Waals surface area contributed by atoms with Crippen LogP contribution < -0.4 is 5.32 Å². The largest absolute Gasteiger partial charge is 0.480 e. The van der Waals surface area contributed by atoms with Gasteiger partial charge in [-0.3, -0.25) is 9.69 Å². The van der Waals surface area contributed by atoms with Crippen LogP contribution in [0.2, 0.25) is 0 Å². The molecule has 21 heavy (non-hydrogen) atoms. The van der Waals surface area contributed by atoms with E-state index in [2.05, 4.69) is 5.32 Å². The minimum Gasteiger partial charge on any atom is -0.480 e. The molecular formula is C13H23N3O4S. The summed E-state index contributed by atoms with van der Waals surface area (Å²) < 4.78 is 0. The van der Waals surface area contributed by atoms with Gasteiger partial charge in [-0.1, -0.05) is 13.8 Å². The van der Waals surface area contributed by atoms with Crippen LogP contribution in [0, 0.1) is 0 Å². The zero-order valence-electron chi connectivity index (χ0n) is 12.7. The highest BCUT2D eigenvalue weighted by Gasteiger charge is 2.42. The van der Waals surface area contributed by atoms with Crippen molar-refractivity contribution in [3.05, 3.63) is 0 Å². The molecule has 7 nitrogen and oxygen atoms in total. The molecule has 0 radical (unpaired) electrons. The number of thioether (sulfide) groups is 1. The van der Waals surface area contributed by atoms with Gasteiger partial charge in [-0.15, -0.1) is 11.8 Å². The number of carbonyl (C=O) groups excluding carboxylic acids is 2. The molecule has 0 aromatic carbocycles. The molecule has 2 N–H and O–H groups in total. The fraction of sp³-hybridized carbons (Fsp3) is 0.769. The second-order valence-corrected chi connectivity index (χ2v) is 6.16. The van der Waals surface area contributed by atoms with E-state index in [9.17, 15) is 19.5 Å². The van der Waals surface area contributed by atoms with Gasteiger partial charge in [0.15, 0.2) is 0 Å². The van der Waals surface area contributed by atoms with Gasteiger partial charge in [0.1, 0.15) is 12.6 Å². The van der Waals surface area contributed by atoms with Crippen molar-refractivity contribution < 1.29 is 19.5 Å². The molecule has 1 aliphatic rings. The number of hydrogen-bond donors (Lipinski definition) is 2. The van der Waals surface area contributed by atoms with Crippen molar-refractivity contribution in [1.82, 2.24) is 15.1 Å². The number of amides is 3. The molecule has 1 aliphatic heterocycles. The van der Waals surface area contributed by atoms with Gasteiger partial charge in [0.2, 0.25) is 5.91 Å². The van der Waals surface area contributed by atoms with E-state index in [1.807, 2.05) is 13.8 Å². The molecule has 0 aromatic rings. The summed E-state index contributed by atoms with van der Waals surface area (Å²) in [6.45, 7) is 4.36. The molecule has 1 fully saturated rings. The van der Waals surface area contributed by atoms with Crippen LogP contribution in [-0.2, 0) is 9.59 Å². The molecule has 3 amide bonds. The lowest BCUT2D eigenvalue weighted by atomic mass is 10.2. The normalized spacial score (nSPS) is 21.2. The van der Waals surface area contributed by atoms with Gasteiger partial charge in [-0.05, 0) is 12.8 Å². The van der Waals surface area contributed by atoms with Crippen LogP contribution in [0.1, 0.15) is 26.7 Å². The van der Waals surface area contributed by atoms with Crippen molar-refractivity contribution in [3.8, 4) is 0 Å². The molecule has 1 saturated heterocycles. The van der Waals surface area contributed by atoms with Gasteiger partial charge in [-0.25, -0.2) is 9.59 Å². The number of nitrogens with zero attached hydrogens (tertiary/aromatic N) is 2. The number of rotatable bonds is 6. The Labute approximate surface area is 129 Å². The first-order chi connectivity index (χ1) is 9.92. The average molecular weight is 317 g/mol. The van der Waals surface area contributed by atoms with E-state index in [0.29, 0.717) is 18.7 Å². The molecule has 0 aliphatic carbocycles. The Morgan fingerprint density at radius 2 is 2.05 bits per heavy atom. The van der Waals surface area contributed by atoms with Crippen LogP contribution in [0.5, 0.6) is 0 Å². The van der Waals surface area contributed by atoms with Gasteiger partial charge >= 0.3 is 12.0 Å². The van der Waals surface area contributed by atoms with Gasteiger partial charge < -0.3 is 15.3 Å². The molecule has 0 bridgehead atoms. The van der Waals surface area contributed by atoms with Gasteiger partial charge in [0.05, 0.1) is 5.37 Å². The predicted molar refractivity (Wildman–Crippen MR) is 81.1 cm³/mol. The Hall–Kier alpha value is -1.44. The van der Waals surface area contributed by atoms with Crippen molar-refractivity contribution in [3.63, 3.8) is 0 Å². The Kier molecular flexibility index (Phi) is 6.80. The molecule has 0 saturated carbocycles. The molecule has 8 heteroatoms. The lowest BCUT2D eigenvalue weighted by molar-refractivity contribution is -0.141. The number of carboxylic acid groups (broad SMARTS) is 1. The Morgan fingerprint density at radius 1 is 1.38 bits per heavy atom. The fourth-order valence-corrected chi connectivity index (χ4v) is 3.47. The molecular weight excluding hydrogens is 294 g/mol. The van der Waals surface area contributed by atoms with Gasteiger partial charge in [0, 0.05) is 19.3 Å². The summed E-state index contributed by atoms with van der Waals surface area (Å²) in [6, 6.07) is -1.24. The fourth-order valence-electron chi connectivity index (χ4n) is 2.13. The topological polar surface area (TPSA) is 90.0 Å². The maximum Gasteiger partial charge on any atom is 0.327 e. The third kappa shape index (κ3) is 4.52. The molecule has 120 valence electrons. The quantitative estimate of drug-likeness (QED) is 0.756. The molecule has 0 aromatic heterocycles. The minimum absolute atomic E-state index is 0.0667. The zero-order chi connectivity index (χ0) is 16.0. The first-order valence-electron chi connectivity index (χ1n) is 7.06. The van der Waals surface area contributed by atoms with Crippen LogP contribution in [0.4, 0.5) is 4.79 Å². The van der Waals surface area contributed by atoms with Crippen LogP contribution in [0.25, 0.3) is 0 Å². The highest BCUT2D eigenvalue weighted by Crippen LogP contribution is 2.32. The van der Waals surface area contributed by atoms with Crippen LogP contribution in [0.3, 0.4) is 0 Å². The van der Waals surface area contributed by atoms with Crippen molar-refractivity contribution >= 4 is 29.7 Å². The van der Waals surface area contributed by atoms with Crippen molar-refractivity contribution in [2.45, 2.75) is 38.1 Å². The van der Waals surface area contributed by atoms with Crippen molar-refractivity contribution in [2.24, 2.45) is 0 Å². The number of nitrogens with one attached hydrogen (secondary N) is 1. The maximum absolute atomic E-state index is 12.4. The van der Waals surface area contributed by atoms with Gasteiger partial charge in [0.25, 0.3) is 0 Å². The van der Waals surface area contributed by atoms with E-state index >= 15 is 0 Å². The Morgan fingerprint density at radius 3 is 2.57 bits per heavy atom.